The predicted octanol–water partition coefficient (Wildman–Crippen LogP) is -0.771. The van der Waals surface area contributed by atoms with Gasteiger partial charge in [-0.1, -0.05) is 6.58 Å². The second-order valence-electron chi connectivity index (χ2n) is 4.63. The summed E-state index contributed by atoms with van der Waals surface area (Å²) in [7, 11) is 0. The number of ether oxygens (including phenoxy) is 1. The number of esters is 1. The number of hydrogen-bond acceptors (Lipinski definition) is 12. The molecule has 0 heterocycles. The monoisotopic (exact) mass is 367 g/mol. The zero-order valence-electron chi connectivity index (χ0n) is 12.3. The lowest BCUT2D eigenvalue weighted by molar-refractivity contribution is -0.970. The van der Waals surface area contributed by atoms with Crippen molar-refractivity contribution in [2.45, 2.75) is 24.8 Å². The summed E-state index contributed by atoms with van der Waals surface area (Å²) in [6, 6.07) is 0. The van der Waals surface area contributed by atoms with E-state index >= 15 is 0 Å². The van der Waals surface area contributed by atoms with Gasteiger partial charge >= 0.3 is 24.0 Å². The Morgan fingerprint density at radius 1 is 0.880 bits per heavy atom. The van der Waals surface area contributed by atoms with Crippen LogP contribution in [0.2, 0.25) is 0 Å². The lowest BCUT2D eigenvalue weighted by Gasteiger charge is -2.14. The molecule has 0 N–H and O–H groups in total. The van der Waals surface area contributed by atoms with Crippen LogP contribution in [0.1, 0.15) is 13.3 Å². The maximum absolute atomic E-state index is 11.5. The molecule has 17 nitrogen and oxygen atoms in total. The summed E-state index contributed by atoms with van der Waals surface area (Å²) in [4.78, 5) is 56.4. The maximum atomic E-state index is 11.5. The van der Waals surface area contributed by atoms with Crippen LogP contribution >= 0.6 is 0 Å². The van der Waals surface area contributed by atoms with Crippen LogP contribution in [-0.2, 0) is 9.53 Å². The van der Waals surface area contributed by atoms with Crippen LogP contribution in [0, 0.1) is 50.6 Å². The summed E-state index contributed by atoms with van der Waals surface area (Å²) in [6.07, 6.45) is -1.21. The van der Waals surface area contributed by atoms with Gasteiger partial charge in [-0.15, -0.1) is 0 Å². The quantitative estimate of drug-likeness (QED) is 0.152. The van der Waals surface area contributed by atoms with E-state index in [0.717, 1.165) is 0 Å². The molecule has 0 aromatic rings. The van der Waals surface area contributed by atoms with Crippen molar-refractivity contribution in [3.63, 3.8) is 0 Å². The molecular weight excluding hydrogens is 358 g/mol. The Bertz CT molecular complexity index is 620. The fourth-order valence-corrected chi connectivity index (χ4v) is 1.29. The Hall–Kier alpha value is -3.79. The van der Waals surface area contributed by atoms with Crippen molar-refractivity contribution < 1.29 is 34.1 Å². The summed E-state index contributed by atoms with van der Waals surface area (Å²) >= 11 is 0. The van der Waals surface area contributed by atoms with Crippen molar-refractivity contribution in [2.75, 3.05) is 6.61 Å². The predicted molar refractivity (Wildman–Crippen MR) is 70.8 cm³/mol. The van der Waals surface area contributed by atoms with Crippen LogP contribution in [0.4, 0.5) is 0 Å². The highest BCUT2D eigenvalue weighted by molar-refractivity contribution is 5.87. The molecule has 0 aromatic heterocycles. The van der Waals surface area contributed by atoms with Crippen molar-refractivity contribution in [2.24, 2.45) is 0 Å². The molecule has 17 heteroatoms. The summed E-state index contributed by atoms with van der Waals surface area (Å²) in [5, 5.41) is 53.3. The van der Waals surface area contributed by atoms with E-state index in [2.05, 4.69) is 11.3 Å². The minimum absolute atomic E-state index is 0.529. The largest absolute Gasteiger partial charge is 0.734 e. The highest BCUT2D eigenvalue weighted by Crippen LogP contribution is 2.21. The van der Waals surface area contributed by atoms with Crippen LogP contribution in [-0.4, -0.2) is 48.6 Å². The first-order valence-corrected chi connectivity index (χ1v) is 5.80. The Morgan fingerprint density at radius 2 is 1.24 bits per heavy atom. The fraction of sp³-hybridized carbons (Fsp3) is 0.625. The van der Waals surface area contributed by atoms with Crippen LogP contribution < -0.4 is 0 Å². The van der Waals surface area contributed by atoms with E-state index in [-0.39, 0.29) is 0 Å². The van der Waals surface area contributed by atoms with Gasteiger partial charge < -0.3 is 4.74 Å². The molecule has 138 valence electrons. The van der Waals surface area contributed by atoms with Crippen LogP contribution in [0.5, 0.6) is 0 Å². The van der Waals surface area contributed by atoms with Gasteiger partial charge in [0.05, 0.1) is 16.8 Å². The Morgan fingerprint density at radius 3 is 1.52 bits per heavy atom. The average molecular weight is 367 g/mol. The molecule has 0 aliphatic rings. The molecule has 0 rings (SSSR count). The Balaban J connectivity index is 5.35. The minimum atomic E-state index is -4.11. The number of carbonyl (C=O) groups excluding carboxylic acids is 1. The highest BCUT2D eigenvalue weighted by Gasteiger charge is 2.72. The smallest absolute Gasteiger partial charge is 0.437 e. The van der Waals surface area contributed by atoms with Gasteiger partial charge in [-0.05, 0) is 0 Å². The normalized spacial score (nSPS) is 11.2. The molecule has 0 aromatic carbocycles. The first-order chi connectivity index (χ1) is 11.2. The highest BCUT2D eigenvalue weighted by atomic mass is 16.7. The molecule has 0 aliphatic heterocycles. The first kappa shape index (κ1) is 21.2. The van der Waals surface area contributed by atoms with Crippen LogP contribution in [0.3, 0.4) is 0 Å². The lowest BCUT2D eigenvalue weighted by atomic mass is 10.0. The summed E-state index contributed by atoms with van der Waals surface area (Å²) in [6.45, 7) is 1.51. The standard InChI is InChI=1S/C8H9N5O12/c1-5(3-7(2,9(15)16)10(17)18)6(14)25-4-8(11(19)20,12(21)22)13(23)24/h1,3-4H2,2H3. The van der Waals surface area contributed by atoms with Crippen molar-refractivity contribution >= 4 is 5.97 Å². The number of nitrogens with zero attached hydrogens (tertiary/aromatic N) is 5. The fourth-order valence-electron chi connectivity index (χ4n) is 1.29. The minimum Gasteiger partial charge on any atom is -0.437 e. The molecule has 25 heavy (non-hydrogen) atoms. The maximum Gasteiger partial charge on any atom is 0.734 e. The van der Waals surface area contributed by atoms with Crippen molar-refractivity contribution in [1.29, 1.82) is 0 Å². The average Bonchev–Trinajstić information content (AvgIpc) is 2.45. The Labute approximate surface area is 135 Å². The molecule has 0 amide bonds. The van der Waals surface area contributed by atoms with E-state index in [9.17, 15) is 55.4 Å². The molecule has 0 atom stereocenters. The third-order valence-corrected chi connectivity index (χ3v) is 2.90. The molecule has 0 radical (unpaired) electrons. The number of nitro groups is 5. The van der Waals surface area contributed by atoms with Gasteiger partial charge in [0.15, 0.2) is 14.8 Å². The molecule has 0 spiro atoms. The number of carbonyl (C=O) groups is 1. The van der Waals surface area contributed by atoms with Crippen LogP contribution in [0.25, 0.3) is 0 Å². The summed E-state index contributed by atoms with van der Waals surface area (Å²) in [5.41, 5.74) is -3.84. The molecule has 0 aliphatic carbocycles. The van der Waals surface area contributed by atoms with Crippen molar-refractivity contribution in [3.05, 3.63) is 62.7 Å². The van der Waals surface area contributed by atoms with Crippen LogP contribution in [0.15, 0.2) is 12.2 Å². The van der Waals surface area contributed by atoms with Gasteiger partial charge in [-0.25, -0.2) is 4.79 Å². The summed E-state index contributed by atoms with van der Waals surface area (Å²) in [5.74, 6) is -5.85. The van der Waals surface area contributed by atoms with E-state index < -0.39 is 60.6 Å². The molecular formula is C8H9N5O12. The van der Waals surface area contributed by atoms with Gasteiger partial charge in [-0.3, -0.25) is 50.6 Å². The first-order valence-electron chi connectivity index (χ1n) is 5.80. The van der Waals surface area contributed by atoms with Gasteiger partial charge in [-0.2, -0.15) is 0 Å². The van der Waals surface area contributed by atoms with Gasteiger partial charge in [0.1, 0.15) is 6.42 Å². The van der Waals surface area contributed by atoms with Gasteiger partial charge in [0, 0.05) is 5.57 Å². The topological polar surface area (TPSA) is 242 Å². The van der Waals surface area contributed by atoms with Gasteiger partial charge in [0.2, 0.25) is 0 Å². The molecule has 0 saturated heterocycles. The lowest BCUT2D eigenvalue weighted by Crippen LogP contribution is -2.57. The third kappa shape index (κ3) is 3.95. The molecule has 0 saturated carbocycles. The van der Waals surface area contributed by atoms with E-state index in [4.69, 9.17) is 0 Å². The van der Waals surface area contributed by atoms with E-state index in [1.54, 1.807) is 0 Å². The molecule has 0 unspecified atom stereocenters. The second kappa shape index (κ2) is 7.19. The van der Waals surface area contributed by atoms with Crippen molar-refractivity contribution in [3.8, 4) is 0 Å². The summed E-state index contributed by atoms with van der Waals surface area (Å²) < 4.78 is 4.05. The third-order valence-electron chi connectivity index (χ3n) is 2.90. The van der Waals surface area contributed by atoms with Gasteiger partial charge in [0.25, 0.3) is 0 Å². The molecule has 0 fully saturated rings. The molecule has 0 bridgehead atoms. The van der Waals surface area contributed by atoms with E-state index in [1.165, 1.54) is 0 Å². The number of rotatable bonds is 10. The van der Waals surface area contributed by atoms with E-state index in [1.807, 2.05) is 0 Å². The van der Waals surface area contributed by atoms with E-state index in [0.29, 0.717) is 6.92 Å². The zero-order valence-corrected chi connectivity index (χ0v) is 12.3. The number of hydrogen-bond donors (Lipinski definition) is 0. The van der Waals surface area contributed by atoms with Crippen molar-refractivity contribution in [1.82, 2.24) is 0 Å². The second-order valence-corrected chi connectivity index (χ2v) is 4.63. The zero-order chi connectivity index (χ0) is 20.2. The Kier molecular flexibility index (Phi) is 6.10. The SMILES string of the molecule is C=C(CC(C)([N+](=O)[O-])[N+](=O)[O-])C(=O)OCC([N+](=O)[O-])([N+](=O)[O-])[N+](=O)[O-].